The van der Waals surface area contributed by atoms with Gasteiger partial charge in [0.15, 0.2) is 5.82 Å². The summed E-state index contributed by atoms with van der Waals surface area (Å²) in [5, 5.41) is 8.19. The molecule has 140 valence electrons. The molecule has 2 heterocycles. The molecule has 2 aliphatic rings. The zero-order valence-electron chi connectivity index (χ0n) is 14.3. The molecule has 1 aromatic heterocycles. The van der Waals surface area contributed by atoms with E-state index < -0.39 is 17.5 Å². The number of benzene rings is 2. The molecule has 5 rings (SSSR count). The molecule has 0 radical (unpaired) electrons. The highest BCUT2D eigenvalue weighted by Gasteiger charge is 2.53. The van der Waals surface area contributed by atoms with Gasteiger partial charge >= 0.3 is 0 Å². The number of para-hydroxylation sites is 1. The standard InChI is InChI=1S/C19H16ClF3N4/c20-12-8-11(21)9-15-16(12)18(25-24-15)27-7-6-26(10-19(27)4-5-19)17-13(22)2-1-3-14(17)23/h1-3,8-9H,4-7,10H2,(H,24,25). The molecule has 4 nitrogen and oxygen atoms in total. The van der Waals surface area contributed by atoms with E-state index in [0.29, 0.717) is 41.4 Å². The summed E-state index contributed by atoms with van der Waals surface area (Å²) < 4.78 is 42.0. The average Bonchev–Trinajstić information content (AvgIpc) is 3.23. The Labute approximate surface area is 158 Å². The van der Waals surface area contributed by atoms with E-state index in [0.717, 1.165) is 12.8 Å². The molecule has 1 saturated carbocycles. The van der Waals surface area contributed by atoms with E-state index in [4.69, 9.17) is 11.6 Å². The van der Waals surface area contributed by atoms with E-state index in [-0.39, 0.29) is 11.2 Å². The Kier molecular flexibility index (Phi) is 3.59. The fourth-order valence-corrected chi connectivity index (χ4v) is 4.41. The van der Waals surface area contributed by atoms with Gasteiger partial charge in [0.05, 0.1) is 21.5 Å². The second-order valence-corrected chi connectivity index (χ2v) is 7.63. The number of anilines is 2. The molecule has 1 aliphatic carbocycles. The predicted molar refractivity (Wildman–Crippen MR) is 98.9 cm³/mol. The maximum atomic E-state index is 14.2. The van der Waals surface area contributed by atoms with Crippen molar-refractivity contribution in [3.63, 3.8) is 0 Å². The Morgan fingerprint density at radius 3 is 2.52 bits per heavy atom. The van der Waals surface area contributed by atoms with Crippen LogP contribution in [0.4, 0.5) is 24.7 Å². The lowest BCUT2D eigenvalue weighted by Crippen LogP contribution is -2.56. The predicted octanol–water partition coefficient (Wildman–Crippen LogP) is 4.49. The third kappa shape index (κ3) is 2.56. The van der Waals surface area contributed by atoms with Crippen LogP contribution in [0.3, 0.4) is 0 Å². The number of hydrogen-bond donors (Lipinski definition) is 1. The first-order valence-electron chi connectivity index (χ1n) is 8.78. The molecule has 1 spiro atoms. The van der Waals surface area contributed by atoms with Gasteiger partial charge in [0.2, 0.25) is 0 Å². The summed E-state index contributed by atoms with van der Waals surface area (Å²) in [4.78, 5) is 3.91. The summed E-state index contributed by atoms with van der Waals surface area (Å²) >= 11 is 6.27. The second-order valence-electron chi connectivity index (χ2n) is 7.23. The molecule has 3 aromatic rings. The van der Waals surface area contributed by atoms with Gasteiger partial charge in [0.25, 0.3) is 0 Å². The van der Waals surface area contributed by atoms with Crippen LogP contribution in [0.15, 0.2) is 30.3 Å². The maximum Gasteiger partial charge on any atom is 0.160 e. The molecule has 2 fully saturated rings. The molecule has 1 saturated heterocycles. The molecule has 0 atom stereocenters. The number of fused-ring (bicyclic) bond motifs is 1. The van der Waals surface area contributed by atoms with E-state index in [2.05, 4.69) is 15.1 Å². The third-order valence-corrected chi connectivity index (χ3v) is 5.85. The lowest BCUT2D eigenvalue weighted by atomic mass is 10.1. The Balaban J connectivity index is 1.51. The van der Waals surface area contributed by atoms with Crippen molar-refractivity contribution in [3.05, 3.63) is 52.8 Å². The van der Waals surface area contributed by atoms with E-state index in [9.17, 15) is 13.2 Å². The van der Waals surface area contributed by atoms with Crippen molar-refractivity contribution in [1.29, 1.82) is 0 Å². The number of rotatable bonds is 2. The maximum absolute atomic E-state index is 14.2. The zero-order chi connectivity index (χ0) is 18.8. The lowest BCUT2D eigenvalue weighted by molar-refractivity contribution is 0.487. The summed E-state index contributed by atoms with van der Waals surface area (Å²) in [6.45, 7) is 1.49. The van der Waals surface area contributed by atoms with Crippen molar-refractivity contribution in [2.45, 2.75) is 18.4 Å². The third-order valence-electron chi connectivity index (χ3n) is 5.55. The van der Waals surface area contributed by atoms with E-state index >= 15 is 0 Å². The minimum atomic E-state index is -0.553. The van der Waals surface area contributed by atoms with Gasteiger partial charge in [-0.15, -0.1) is 0 Å². The highest BCUT2D eigenvalue weighted by atomic mass is 35.5. The molecule has 0 amide bonds. The highest BCUT2D eigenvalue weighted by molar-refractivity contribution is 6.36. The van der Waals surface area contributed by atoms with Crippen molar-refractivity contribution in [2.24, 2.45) is 0 Å². The van der Waals surface area contributed by atoms with Crippen LogP contribution in [0.5, 0.6) is 0 Å². The number of H-pyrrole nitrogens is 1. The molecule has 0 bridgehead atoms. The van der Waals surface area contributed by atoms with Crippen LogP contribution in [-0.4, -0.2) is 35.4 Å². The van der Waals surface area contributed by atoms with Crippen molar-refractivity contribution < 1.29 is 13.2 Å². The number of hydrogen-bond acceptors (Lipinski definition) is 3. The fourth-order valence-electron chi connectivity index (χ4n) is 4.12. The Bertz CT molecular complexity index is 1030. The first-order chi connectivity index (χ1) is 13.0. The van der Waals surface area contributed by atoms with Crippen LogP contribution >= 0.6 is 11.6 Å². The lowest BCUT2D eigenvalue weighted by Gasteiger charge is -2.43. The number of aromatic amines is 1. The second kappa shape index (κ2) is 5.79. The fraction of sp³-hybridized carbons (Fsp3) is 0.316. The summed E-state index contributed by atoms with van der Waals surface area (Å²) in [7, 11) is 0. The number of nitrogens with zero attached hydrogens (tertiary/aromatic N) is 3. The quantitative estimate of drug-likeness (QED) is 0.697. The molecular formula is C19H16ClF3N4. The summed E-state index contributed by atoms with van der Waals surface area (Å²) in [5.41, 5.74) is 0.316. The Hall–Kier alpha value is -2.41. The van der Waals surface area contributed by atoms with Gasteiger partial charge in [-0.25, -0.2) is 13.2 Å². The monoisotopic (exact) mass is 392 g/mol. The molecule has 27 heavy (non-hydrogen) atoms. The van der Waals surface area contributed by atoms with Gasteiger partial charge in [-0.1, -0.05) is 17.7 Å². The van der Waals surface area contributed by atoms with Gasteiger partial charge in [0.1, 0.15) is 23.1 Å². The number of piperazine rings is 1. The minimum Gasteiger partial charge on any atom is -0.363 e. The normalized spacial score (nSPS) is 18.5. The minimum absolute atomic E-state index is 0.0235. The van der Waals surface area contributed by atoms with Gasteiger partial charge in [0, 0.05) is 19.6 Å². The smallest absolute Gasteiger partial charge is 0.160 e. The molecule has 0 unspecified atom stereocenters. The Morgan fingerprint density at radius 2 is 1.81 bits per heavy atom. The van der Waals surface area contributed by atoms with Crippen LogP contribution < -0.4 is 9.80 Å². The first kappa shape index (κ1) is 16.7. The Morgan fingerprint density at radius 1 is 1.07 bits per heavy atom. The van der Waals surface area contributed by atoms with Crippen molar-refractivity contribution >= 4 is 34.0 Å². The van der Waals surface area contributed by atoms with E-state index in [1.807, 2.05) is 0 Å². The zero-order valence-corrected chi connectivity index (χ0v) is 15.0. The SMILES string of the molecule is Fc1cc(Cl)c2c(N3CCN(c4c(F)cccc4F)CC34CC4)n[nH]c2c1. The van der Waals surface area contributed by atoms with Gasteiger partial charge < -0.3 is 9.80 Å². The van der Waals surface area contributed by atoms with E-state index in [1.165, 1.54) is 30.3 Å². The average molecular weight is 393 g/mol. The largest absolute Gasteiger partial charge is 0.363 e. The summed E-state index contributed by atoms with van der Waals surface area (Å²) in [6.07, 6.45) is 1.79. The van der Waals surface area contributed by atoms with Crippen molar-refractivity contribution in [2.75, 3.05) is 29.4 Å². The van der Waals surface area contributed by atoms with Gasteiger partial charge in [-0.3, -0.25) is 5.10 Å². The summed E-state index contributed by atoms with van der Waals surface area (Å²) in [6, 6.07) is 6.56. The molecule has 1 aliphatic heterocycles. The topological polar surface area (TPSA) is 35.2 Å². The summed E-state index contributed by atoms with van der Waals surface area (Å²) in [5.74, 6) is -0.865. The number of halogens is 4. The highest BCUT2D eigenvalue weighted by Crippen LogP contribution is 2.49. The first-order valence-corrected chi connectivity index (χ1v) is 9.16. The van der Waals surface area contributed by atoms with Gasteiger partial charge in [-0.2, -0.15) is 5.10 Å². The van der Waals surface area contributed by atoms with Crippen LogP contribution in [-0.2, 0) is 0 Å². The molecule has 1 N–H and O–H groups in total. The van der Waals surface area contributed by atoms with Crippen molar-refractivity contribution in [1.82, 2.24) is 10.2 Å². The number of nitrogens with one attached hydrogen (secondary N) is 1. The van der Waals surface area contributed by atoms with Crippen LogP contribution in [0.2, 0.25) is 5.02 Å². The van der Waals surface area contributed by atoms with E-state index in [1.54, 1.807) is 4.90 Å². The molecule has 2 aromatic carbocycles. The van der Waals surface area contributed by atoms with Crippen LogP contribution in [0.25, 0.3) is 10.9 Å². The number of aromatic nitrogens is 2. The molecule has 8 heteroatoms. The molecular weight excluding hydrogens is 377 g/mol. The van der Waals surface area contributed by atoms with Crippen LogP contribution in [0.1, 0.15) is 12.8 Å². The van der Waals surface area contributed by atoms with Crippen LogP contribution in [0, 0.1) is 17.5 Å². The van der Waals surface area contributed by atoms with Gasteiger partial charge in [-0.05, 0) is 37.1 Å². The van der Waals surface area contributed by atoms with Crippen molar-refractivity contribution in [3.8, 4) is 0 Å².